The second-order valence-corrected chi connectivity index (χ2v) is 5.48. The molecule has 25 heavy (non-hydrogen) atoms. The molecule has 7 heteroatoms. The van der Waals surface area contributed by atoms with Crippen molar-refractivity contribution in [2.75, 3.05) is 25.6 Å². The van der Waals surface area contributed by atoms with E-state index in [1.807, 2.05) is 25.1 Å². The molecule has 0 bridgehead atoms. The van der Waals surface area contributed by atoms with Gasteiger partial charge in [0.15, 0.2) is 11.6 Å². The summed E-state index contributed by atoms with van der Waals surface area (Å²) in [5.41, 5.74) is 5.94. The zero-order valence-electron chi connectivity index (χ0n) is 14.1. The molecule has 6 nitrogen and oxygen atoms in total. The maximum Gasteiger partial charge on any atom is 0.269 e. The van der Waals surface area contributed by atoms with Crippen molar-refractivity contribution >= 4 is 17.5 Å². The van der Waals surface area contributed by atoms with Gasteiger partial charge in [0.1, 0.15) is 0 Å². The zero-order valence-corrected chi connectivity index (χ0v) is 14.1. The predicted octanol–water partition coefficient (Wildman–Crippen LogP) is 2.12. The molecule has 0 aliphatic rings. The number of nitrogens with zero attached hydrogens (tertiary/aromatic N) is 1. The van der Waals surface area contributed by atoms with Gasteiger partial charge < -0.3 is 9.64 Å². The Hall–Kier alpha value is -3.09. The molecule has 2 amide bonds. The van der Waals surface area contributed by atoms with Gasteiger partial charge in [-0.25, -0.2) is 4.39 Å². The third-order valence-electron chi connectivity index (χ3n) is 3.36. The number of ether oxygens (including phenoxy) is 1. The van der Waals surface area contributed by atoms with E-state index in [4.69, 9.17) is 4.74 Å². The average Bonchev–Trinajstić information content (AvgIpc) is 2.61. The van der Waals surface area contributed by atoms with Crippen LogP contribution in [0.25, 0.3) is 0 Å². The fraction of sp³-hybridized carbons (Fsp3) is 0.222. The Balaban J connectivity index is 1.77. The minimum atomic E-state index is -0.489. The van der Waals surface area contributed by atoms with Crippen LogP contribution in [-0.2, 0) is 4.79 Å². The fourth-order valence-corrected chi connectivity index (χ4v) is 2.00. The molecule has 0 aliphatic carbocycles. The molecule has 0 saturated carbocycles. The van der Waals surface area contributed by atoms with Crippen LogP contribution in [0.1, 0.15) is 16.8 Å². The van der Waals surface area contributed by atoms with Gasteiger partial charge in [-0.05, 0) is 30.3 Å². The molecule has 0 radical (unpaired) electrons. The Kier molecular flexibility index (Phi) is 6.33. The monoisotopic (exact) mass is 345 g/mol. The lowest BCUT2D eigenvalue weighted by atomic mass is 10.2. The summed E-state index contributed by atoms with van der Waals surface area (Å²) in [6, 6.07) is 12.9. The van der Waals surface area contributed by atoms with Gasteiger partial charge in [-0.2, -0.15) is 0 Å². The van der Waals surface area contributed by atoms with Gasteiger partial charge in [-0.3, -0.25) is 20.4 Å². The number of halogens is 1. The number of hydrogen-bond acceptors (Lipinski definition) is 4. The first-order valence-corrected chi connectivity index (χ1v) is 7.71. The number of anilines is 1. The van der Waals surface area contributed by atoms with Crippen molar-refractivity contribution in [2.24, 2.45) is 0 Å². The maximum atomic E-state index is 13.4. The molecular weight excluding hydrogens is 325 g/mol. The molecule has 2 rings (SSSR count). The van der Waals surface area contributed by atoms with Crippen molar-refractivity contribution in [3.8, 4) is 5.75 Å². The first-order chi connectivity index (χ1) is 12.0. The van der Waals surface area contributed by atoms with Crippen LogP contribution in [0.4, 0.5) is 10.1 Å². The van der Waals surface area contributed by atoms with Crippen LogP contribution < -0.4 is 20.5 Å². The first-order valence-electron chi connectivity index (χ1n) is 7.71. The summed E-state index contributed by atoms with van der Waals surface area (Å²) in [5.74, 6) is -1.27. The molecule has 0 aromatic heterocycles. The van der Waals surface area contributed by atoms with Gasteiger partial charge in [-0.15, -0.1) is 0 Å². The van der Waals surface area contributed by atoms with E-state index in [1.54, 1.807) is 30.3 Å². The number of rotatable bonds is 6. The SMILES string of the molecule is CN(C)c1cccc(C(=O)NNC(=O)CCOc2ccccc2F)c1. The summed E-state index contributed by atoms with van der Waals surface area (Å²) in [5, 5.41) is 0. The van der Waals surface area contributed by atoms with Crippen molar-refractivity contribution in [1.82, 2.24) is 10.9 Å². The quantitative estimate of drug-likeness (QED) is 0.787. The molecule has 2 N–H and O–H groups in total. The topological polar surface area (TPSA) is 70.7 Å². The van der Waals surface area contributed by atoms with Crippen LogP contribution in [0, 0.1) is 5.82 Å². The molecule has 2 aromatic rings. The van der Waals surface area contributed by atoms with Crippen molar-refractivity contribution < 1.29 is 18.7 Å². The number of hydrazine groups is 1. The summed E-state index contributed by atoms with van der Waals surface area (Å²) in [7, 11) is 3.74. The van der Waals surface area contributed by atoms with Crippen molar-refractivity contribution in [2.45, 2.75) is 6.42 Å². The van der Waals surface area contributed by atoms with Crippen LogP contribution in [0.2, 0.25) is 0 Å². The van der Waals surface area contributed by atoms with Crippen LogP contribution in [0.3, 0.4) is 0 Å². The largest absolute Gasteiger partial charge is 0.490 e. The van der Waals surface area contributed by atoms with Crippen molar-refractivity contribution in [3.63, 3.8) is 0 Å². The van der Waals surface area contributed by atoms with E-state index < -0.39 is 17.6 Å². The summed E-state index contributed by atoms with van der Waals surface area (Å²) in [6.07, 6.45) is -0.0215. The maximum absolute atomic E-state index is 13.4. The number of para-hydroxylation sites is 1. The Bertz CT molecular complexity index is 750. The Morgan fingerprint density at radius 1 is 1.08 bits per heavy atom. The number of amides is 2. The standard InChI is InChI=1S/C18H20FN3O3/c1-22(2)14-7-5-6-13(12-14)18(24)21-20-17(23)10-11-25-16-9-4-3-8-15(16)19/h3-9,12H,10-11H2,1-2H3,(H,20,23)(H,21,24). The smallest absolute Gasteiger partial charge is 0.269 e. The molecule has 0 saturated heterocycles. The van der Waals surface area contributed by atoms with Crippen LogP contribution in [0.5, 0.6) is 5.75 Å². The van der Waals surface area contributed by atoms with Crippen LogP contribution in [-0.4, -0.2) is 32.5 Å². The summed E-state index contributed by atoms with van der Waals surface area (Å²) >= 11 is 0. The Labute approximate surface area is 145 Å². The van der Waals surface area contributed by atoms with Gasteiger partial charge in [0.25, 0.3) is 5.91 Å². The zero-order chi connectivity index (χ0) is 18.2. The van der Waals surface area contributed by atoms with Crippen molar-refractivity contribution in [1.29, 1.82) is 0 Å². The molecule has 0 spiro atoms. The number of carbonyl (C=O) groups excluding carboxylic acids is 2. The number of nitrogens with one attached hydrogen (secondary N) is 2. The van der Waals surface area contributed by atoms with E-state index in [0.717, 1.165) is 5.69 Å². The van der Waals surface area contributed by atoms with Gasteiger partial charge in [0.05, 0.1) is 13.0 Å². The average molecular weight is 345 g/mol. The third kappa shape index (κ3) is 5.49. The first kappa shape index (κ1) is 18.3. The molecule has 0 heterocycles. The summed E-state index contributed by atoms with van der Waals surface area (Å²) in [6.45, 7) is -0.00124. The molecule has 132 valence electrons. The second kappa shape index (κ2) is 8.68. The van der Waals surface area contributed by atoms with E-state index in [1.165, 1.54) is 12.1 Å². The highest BCUT2D eigenvalue weighted by Crippen LogP contribution is 2.15. The second-order valence-electron chi connectivity index (χ2n) is 5.48. The molecular formula is C18H20FN3O3. The van der Waals surface area contributed by atoms with Crippen LogP contribution >= 0.6 is 0 Å². The lowest BCUT2D eigenvalue weighted by Crippen LogP contribution is -2.42. The van der Waals surface area contributed by atoms with E-state index in [9.17, 15) is 14.0 Å². The highest BCUT2D eigenvalue weighted by atomic mass is 19.1. The molecule has 0 aliphatic heterocycles. The third-order valence-corrected chi connectivity index (χ3v) is 3.36. The van der Waals surface area contributed by atoms with E-state index in [0.29, 0.717) is 5.56 Å². The number of hydrogen-bond donors (Lipinski definition) is 2. The van der Waals surface area contributed by atoms with Gasteiger partial charge >= 0.3 is 0 Å². The lowest BCUT2D eigenvalue weighted by molar-refractivity contribution is -0.122. The van der Waals surface area contributed by atoms with E-state index >= 15 is 0 Å². The van der Waals surface area contributed by atoms with Gasteiger partial charge in [0.2, 0.25) is 5.91 Å². The normalized spacial score (nSPS) is 10.0. The molecule has 2 aromatic carbocycles. The molecule has 0 atom stereocenters. The minimum absolute atomic E-state index is 0.00124. The molecule has 0 fully saturated rings. The summed E-state index contributed by atoms with van der Waals surface area (Å²) in [4.78, 5) is 25.6. The molecule has 0 unspecified atom stereocenters. The van der Waals surface area contributed by atoms with E-state index in [-0.39, 0.29) is 18.8 Å². The lowest BCUT2D eigenvalue weighted by Gasteiger charge is -2.13. The van der Waals surface area contributed by atoms with Gasteiger partial charge in [0, 0.05) is 25.3 Å². The fourth-order valence-electron chi connectivity index (χ4n) is 2.00. The summed E-state index contributed by atoms with van der Waals surface area (Å²) < 4.78 is 18.5. The van der Waals surface area contributed by atoms with Crippen molar-refractivity contribution in [3.05, 3.63) is 59.9 Å². The Morgan fingerprint density at radius 3 is 2.56 bits per heavy atom. The minimum Gasteiger partial charge on any atom is -0.490 e. The highest BCUT2D eigenvalue weighted by Gasteiger charge is 2.09. The predicted molar refractivity (Wildman–Crippen MR) is 92.9 cm³/mol. The Morgan fingerprint density at radius 2 is 1.84 bits per heavy atom. The number of carbonyl (C=O) groups is 2. The van der Waals surface area contributed by atoms with Crippen LogP contribution in [0.15, 0.2) is 48.5 Å². The number of benzene rings is 2. The van der Waals surface area contributed by atoms with Gasteiger partial charge in [-0.1, -0.05) is 18.2 Å². The highest BCUT2D eigenvalue weighted by molar-refractivity contribution is 5.96. The van der Waals surface area contributed by atoms with E-state index in [2.05, 4.69) is 10.9 Å².